The molecule has 0 atom stereocenters. The third-order valence-corrected chi connectivity index (χ3v) is 4.18. The summed E-state index contributed by atoms with van der Waals surface area (Å²) in [4.78, 5) is 16.7. The first-order chi connectivity index (χ1) is 12.6. The molecule has 0 spiro atoms. The fourth-order valence-corrected chi connectivity index (χ4v) is 2.86. The molecule has 6 nitrogen and oxygen atoms in total. The lowest BCUT2D eigenvalue weighted by molar-refractivity contribution is -0.115. The number of ether oxygens (including phenoxy) is 2. The standard InChI is InChI=1S/C19H15ClN2O4/c1-11-15(9-18(23)21-14-4-2-3-13(20)8-14)22-19(26-11)12-5-6-16-17(7-12)25-10-24-16/h2-8H,9-10H2,1H3,(H,21,23). The van der Waals surface area contributed by atoms with Gasteiger partial charge in [0.1, 0.15) is 5.76 Å². The minimum atomic E-state index is -0.194. The highest BCUT2D eigenvalue weighted by molar-refractivity contribution is 6.30. The molecule has 2 aromatic carbocycles. The molecule has 0 unspecified atom stereocenters. The maximum Gasteiger partial charge on any atom is 0.231 e. The second kappa shape index (κ2) is 6.72. The maximum absolute atomic E-state index is 12.3. The van der Waals surface area contributed by atoms with E-state index >= 15 is 0 Å². The molecule has 1 aromatic heterocycles. The summed E-state index contributed by atoms with van der Waals surface area (Å²) in [5, 5.41) is 3.36. The first-order valence-electron chi connectivity index (χ1n) is 8.00. The topological polar surface area (TPSA) is 73.6 Å². The van der Waals surface area contributed by atoms with Crippen molar-refractivity contribution in [2.75, 3.05) is 12.1 Å². The molecule has 0 radical (unpaired) electrons. The van der Waals surface area contributed by atoms with Crippen LogP contribution in [0, 0.1) is 6.92 Å². The number of benzene rings is 2. The average molecular weight is 371 g/mol. The van der Waals surface area contributed by atoms with E-state index in [1.54, 1.807) is 31.2 Å². The van der Waals surface area contributed by atoms with Gasteiger partial charge in [-0.05, 0) is 43.3 Å². The van der Waals surface area contributed by atoms with Gasteiger partial charge in [0.25, 0.3) is 0 Å². The molecule has 26 heavy (non-hydrogen) atoms. The Morgan fingerprint density at radius 3 is 2.88 bits per heavy atom. The number of oxazole rings is 1. The Bertz CT molecular complexity index is 983. The van der Waals surface area contributed by atoms with Gasteiger partial charge >= 0.3 is 0 Å². The second-order valence-electron chi connectivity index (χ2n) is 5.83. The molecule has 4 rings (SSSR count). The van der Waals surface area contributed by atoms with Crippen molar-refractivity contribution in [3.8, 4) is 23.0 Å². The molecule has 0 fully saturated rings. The summed E-state index contributed by atoms with van der Waals surface area (Å²) >= 11 is 5.93. The van der Waals surface area contributed by atoms with Crippen molar-refractivity contribution in [2.24, 2.45) is 0 Å². The number of hydrogen-bond donors (Lipinski definition) is 1. The number of carbonyl (C=O) groups is 1. The lowest BCUT2D eigenvalue weighted by atomic mass is 10.2. The van der Waals surface area contributed by atoms with Gasteiger partial charge in [-0.1, -0.05) is 17.7 Å². The van der Waals surface area contributed by atoms with Crippen molar-refractivity contribution in [3.05, 3.63) is 58.9 Å². The van der Waals surface area contributed by atoms with E-state index in [4.69, 9.17) is 25.5 Å². The largest absolute Gasteiger partial charge is 0.454 e. The number of rotatable bonds is 4. The number of amides is 1. The summed E-state index contributed by atoms with van der Waals surface area (Å²) in [7, 11) is 0. The van der Waals surface area contributed by atoms with Crippen LogP contribution < -0.4 is 14.8 Å². The van der Waals surface area contributed by atoms with E-state index in [0.717, 1.165) is 5.56 Å². The van der Waals surface area contributed by atoms with Gasteiger partial charge in [-0.3, -0.25) is 4.79 Å². The third kappa shape index (κ3) is 3.36. The quantitative estimate of drug-likeness (QED) is 0.744. The number of hydrogen-bond acceptors (Lipinski definition) is 5. The zero-order valence-electron chi connectivity index (χ0n) is 13.9. The molecule has 2 heterocycles. The lowest BCUT2D eigenvalue weighted by Crippen LogP contribution is -2.15. The van der Waals surface area contributed by atoms with Crippen molar-refractivity contribution in [3.63, 3.8) is 0 Å². The Labute approximate surface area is 154 Å². The average Bonchev–Trinajstić information content (AvgIpc) is 3.21. The van der Waals surface area contributed by atoms with Gasteiger partial charge in [-0.2, -0.15) is 0 Å². The fraction of sp³-hybridized carbons (Fsp3) is 0.158. The Morgan fingerprint density at radius 2 is 2.04 bits per heavy atom. The molecule has 1 amide bonds. The number of nitrogens with one attached hydrogen (secondary N) is 1. The molecule has 3 aromatic rings. The number of halogens is 1. The fourth-order valence-electron chi connectivity index (χ4n) is 2.67. The van der Waals surface area contributed by atoms with Crippen LogP contribution in [-0.4, -0.2) is 17.7 Å². The zero-order chi connectivity index (χ0) is 18.1. The van der Waals surface area contributed by atoms with Crippen LogP contribution in [-0.2, 0) is 11.2 Å². The lowest BCUT2D eigenvalue weighted by Gasteiger charge is -2.04. The summed E-state index contributed by atoms with van der Waals surface area (Å²) < 4.78 is 16.4. The van der Waals surface area contributed by atoms with E-state index < -0.39 is 0 Å². The van der Waals surface area contributed by atoms with Gasteiger partial charge < -0.3 is 19.2 Å². The Hall–Kier alpha value is -2.99. The summed E-state index contributed by atoms with van der Waals surface area (Å²) in [6, 6.07) is 12.4. The van der Waals surface area contributed by atoms with E-state index in [2.05, 4.69) is 10.3 Å². The highest BCUT2D eigenvalue weighted by Crippen LogP contribution is 2.36. The van der Waals surface area contributed by atoms with Crippen molar-refractivity contribution in [1.29, 1.82) is 0 Å². The summed E-state index contributed by atoms with van der Waals surface area (Å²) in [5.41, 5.74) is 1.98. The number of fused-ring (bicyclic) bond motifs is 1. The van der Waals surface area contributed by atoms with Crippen LogP contribution in [0.15, 0.2) is 46.9 Å². The van der Waals surface area contributed by atoms with E-state index in [1.807, 2.05) is 18.2 Å². The number of aryl methyl sites for hydroxylation is 1. The van der Waals surface area contributed by atoms with Gasteiger partial charge in [0.05, 0.1) is 12.1 Å². The van der Waals surface area contributed by atoms with Crippen LogP contribution in [0.25, 0.3) is 11.5 Å². The predicted molar refractivity (Wildman–Crippen MR) is 96.6 cm³/mol. The first-order valence-corrected chi connectivity index (χ1v) is 8.38. The number of aromatic nitrogens is 1. The van der Waals surface area contributed by atoms with Gasteiger partial charge in [0, 0.05) is 16.3 Å². The molecular weight excluding hydrogens is 356 g/mol. The zero-order valence-corrected chi connectivity index (χ0v) is 14.7. The molecule has 0 saturated carbocycles. The number of carbonyl (C=O) groups excluding carboxylic acids is 1. The van der Waals surface area contributed by atoms with E-state index in [-0.39, 0.29) is 19.1 Å². The van der Waals surface area contributed by atoms with Crippen LogP contribution in [0.2, 0.25) is 5.02 Å². The Balaban J connectivity index is 1.50. The number of nitrogens with zero attached hydrogens (tertiary/aromatic N) is 1. The predicted octanol–water partition coefficient (Wildman–Crippen LogP) is 4.21. The van der Waals surface area contributed by atoms with Gasteiger partial charge in [0.2, 0.25) is 18.6 Å². The third-order valence-electron chi connectivity index (χ3n) is 3.95. The van der Waals surface area contributed by atoms with Gasteiger partial charge in [-0.25, -0.2) is 4.98 Å². The summed E-state index contributed by atoms with van der Waals surface area (Å²) in [6.45, 7) is 1.99. The van der Waals surface area contributed by atoms with E-state index in [9.17, 15) is 4.79 Å². The van der Waals surface area contributed by atoms with Crippen LogP contribution in [0.5, 0.6) is 11.5 Å². The molecule has 132 valence electrons. The molecule has 0 aliphatic carbocycles. The van der Waals surface area contributed by atoms with Crippen LogP contribution in [0.4, 0.5) is 5.69 Å². The van der Waals surface area contributed by atoms with Crippen LogP contribution in [0.1, 0.15) is 11.5 Å². The monoisotopic (exact) mass is 370 g/mol. The first kappa shape index (κ1) is 16.5. The van der Waals surface area contributed by atoms with E-state index in [1.165, 1.54) is 0 Å². The SMILES string of the molecule is Cc1oc(-c2ccc3c(c2)OCO3)nc1CC(=O)Nc1cccc(Cl)c1. The normalized spacial score (nSPS) is 12.2. The summed E-state index contributed by atoms with van der Waals surface area (Å²) in [5.74, 6) is 2.18. The van der Waals surface area contributed by atoms with E-state index in [0.29, 0.717) is 39.6 Å². The van der Waals surface area contributed by atoms with Crippen molar-refractivity contribution in [1.82, 2.24) is 4.98 Å². The molecule has 7 heteroatoms. The van der Waals surface area contributed by atoms with Gasteiger partial charge in [0.15, 0.2) is 11.5 Å². The molecule has 1 N–H and O–H groups in total. The summed E-state index contributed by atoms with van der Waals surface area (Å²) in [6.07, 6.45) is 0.104. The highest BCUT2D eigenvalue weighted by Gasteiger charge is 2.18. The van der Waals surface area contributed by atoms with Gasteiger partial charge in [-0.15, -0.1) is 0 Å². The maximum atomic E-state index is 12.3. The number of anilines is 1. The molecule has 1 aliphatic rings. The smallest absolute Gasteiger partial charge is 0.231 e. The van der Waals surface area contributed by atoms with Crippen molar-refractivity contribution >= 4 is 23.2 Å². The molecule has 0 bridgehead atoms. The van der Waals surface area contributed by atoms with Crippen molar-refractivity contribution in [2.45, 2.75) is 13.3 Å². The van der Waals surface area contributed by atoms with Crippen LogP contribution >= 0.6 is 11.6 Å². The van der Waals surface area contributed by atoms with Crippen LogP contribution in [0.3, 0.4) is 0 Å². The molecular formula is C19H15ClN2O4. The Morgan fingerprint density at radius 1 is 1.19 bits per heavy atom. The minimum Gasteiger partial charge on any atom is -0.454 e. The van der Waals surface area contributed by atoms with Crippen molar-refractivity contribution < 1.29 is 18.7 Å². The highest BCUT2D eigenvalue weighted by atomic mass is 35.5. The molecule has 1 aliphatic heterocycles. The minimum absolute atomic E-state index is 0.104. The second-order valence-corrected chi connectivity index (χ2v) is 6.26. The Kier molecular flexibility index (Phi) is 4.26. The molecule has 0 saturated heterocycles.